The van der Waals surface area contributed by atoms with Crippen LogP contribution in [0.2, 0.25) is 0 Å². The number of unbranched alkanes of at least 4 members (excludes halogenated alkanes) is 3. The number of pyridine rings is 1. The minimum absolute atomic E-state index is 0.0318. The summed E-state index contributed by atoms with van der Waals surface area (Å²) in [6, 6.07) is 7.82. The zero-order valence-electron chi connectivity index (χ0n) is 18.5. The summed E-state index contributed by atoms with van der Waals surface area (Å²) < 4.78 is 11.0. The third-order valence-electron chi connectivity index (χ3n) is 4.96. The Bertz CT molecular complexity index is 883. The number of hydrogen-bond acceptors (Lipinski definition) is 7. The van der Waals surface area contributed by atoms with E-state index in [1.165, 1.54) is 19.3 Å². The number of nitrogens with zero attached hydrogens (tertiary/aromatic N) is 1. The fraction of sp³-hybridized carbons (Fsp3) is 0.478. The van der Waals surface area contributed by atoms with Gasteiger partial charge in [-0.3, -0.25) is 4.79 Å². The predicted octanol–water partition coefficient (Wildman–Crippen LogP) is 6.56. The van der Waals surface area contributed by atoms with Crippen LogP contribution in [0.5, 0.6) is 11.5 Å². The van der Waals surface area contributed by atoms with Crippen molar-refractivity contribution in [3.05, 3.63) is 35.5 Å². The smallest absolute Gasteiger partial charge is 0.242 e. The first-order chi connectivity index (χ1) is 15.1. The summed E-state index contributed by atoms with van der Waals surface area (Å²) in [6.45, 7) is 4.41. The number of hydrogen-bond donors (Lipinski definition) is 1. The van der Waals surface area contributed by atoms with Crippen LogP contribution in [0, 0.1) is 6.92 Å². The zero-order valence-corrected chi connectivity index (χ0v) is 21.0. The molecule has 1 amide bonds. The molecule has 1 atom stereocenters. The summed E-state index contributed by atoms with van der Waals surface area (Å²) in [7, 11) is 0. The van der Waals surface area contributed by atoms with Crippen LogP contribution in [0.3, 0.4) is 0 Å². The van der Waals surface area contributed by atoms with Crippen molar-refractivity contribution in [1.82, 2.24) is 4.98 Å². The molecule has 1 aliphatic rings. The van der Waals surface area contributed by atoms with Crippen LogP contribution in [0.15, 0.2) is 34.2 Å². The van der Waals surface area contributed by atoms with Gasteiger partial charge in [0, 0.05) is 10.6 Å². The van der Waals surface area contributed by atoms with E-state index in [0.29, 0.717) is 5.75 Å². The van der Waals surface area contributed by atoms with Gasteiger partial charge in [-0.15, -0.1) is 35.3 Å². The largest absolute Gasteiger partial charge is 0.454 e. The second kappa shape index (κ2) is 11.9. The highest BCUT2D eigenvalue weighted by Crippen LogP contribution is 2.40. The van der Waals surface area contributed by atoms with Crippen molar-refractivity contribution in [3.63, 3.8) is 0 Å². The van der Waals surface area contributed by atoms with Crippen LogP contribution in [-0.4, -0.2) is 35.9 Å². The molecule has 1 aromatic carbocycles. The summed E-state index contributed by atoms with van der Waals surface area (Å²) in [5.74, 6) is 2.33. The van der Waals surface area contributed by atoms with Gasteiger partial charge >= 0.3 is 0 Å². The lowest BCUT2D eigenvalue weighted by molar-refractivity contribution is -0.115. The van der Waals surface area contributed by atoms with E-state index in [-0.39, 0.29) is 18.0 Å². The quantitative estimate of drug-likeness (QED) is 0.290. The average Bonchev–Trinajstić information content (AvgIpc) is 3.24. The first-order valence-corrected chi connectivity index (χ1v) is 14.0. The number of nitrogens with one attached hydrogen (secondary N) is 1. The molecule has 3 rings (SSSR count). The third-order valence-corrected chi connectivity index (χ3v) is 7.75. The highest BCUT2D eigenvalue weighted by atomic mass is 32.2. The van der Waals surface area contributed by atoms with E-state index in [2.05, 4.69) is 17.2 Å². The van der Waals surface area contributed by atoms with Gasteiger partial charge in [-0.25, -0.2) is 4.98 Å². The highest BCUT2D eigenvalue weighted by molar-refractivity contribution is 8.00. The Hall–Kier alpha value is -1.51. The molecular formula is C23H30N2O3S3. The maximum Gasteiger partial charge on any atom is 0.242 e. The Morgan fingerprint density at radius 3 is 2.68 bits per heavy atom. The van der Waals surface area contributed by atoms with Crippen molar-refractivity contribution in [1.29, 1.82) is 0 Å². The van der Waals surface area contributed by atoms with Crippen LogP contribution in [0.25, 0.3) is 0 Å². The molecule has 2 heterocycles. The van der Waals surface area contributed by atoms with Gasteiger partial charge in [0.2, 0.25) is 12.7 Å². The Kier molecular flexibility index (Phi) is 9.29. The maximum atomic E-state index is 13.5. The zero-order chi connectivity index (χ0) is 22.2. The first-order valence-electron chi connectivity index (χ1n) is 10.5. The molecule has 1 unspecified atom stereocenters. The van der Waals surface area contributed by atoms with Gasteiger partial charge in [-0.2, -0.15) is 0 Å². The van der Waals surface area contributed by atoms with Gasteiger partial charge in [-0.1, -0.05) is 32.3 Å². The molecule has 0 bridgehead atoms. The van der Waals surface area contributed by atoms with Gasteiger partial charge in [0.05, 0.1) is 5.69 Å². The number of carbonyl (C=O) groups is 1. The maximum absolute atomic E-state index is 13.5. The molecule has 0 saturated carbocycles. The molecule has 2 aromatic rings. The summed E-state index contributed by atoms with van der Waals surface area (Å²) in [6.07, 6.45) is 8.72. The second-order valence-corrected chi connectivity index (χ2v) is 10.1. The normalized spacial score (nSPS) is 13.3. The van der Waals surface area contributed by atoms with Gasteiger partial charge in [0.15, 0.2) is 11.5 Å². The van der Waals surface area contributed by atoms with Crippen molar-refractivity contribution < 1.29 is 14.3 Å². The molecule has 1 aromatic heterocycles. The Balaban J connectivity index is 1.84. The lowest BCUT2D eigenvalue weighted by Crippen LogP contribution is -2.20. The SMILES string of the molecule is CCCCCCSC(C(=O)Nc1c(SC)cc(C)nc1SC)c1ccc2c(c1)OCO2. The van der Waals surface area contributed by atoms with E-state index < -0.39 is 0 Å². The fourth-order valence-electron chi connectivity index (χ4n) is 3.36. The standard InChI is InChI=1S/C23H30N2O3S3/c1-5-6-7-8-11-31-21(16-9-10-17-18(13-16)28-14-27-17)22(26)25-20-19(29-3)12-15(2)24-23(20)30-4/h9-10,12-13,21H,5-8,11,14H2,1-4H3,(H,25,26). The number of anilines is 1. The third kappa shape index (κ3) is 6.26. The summed E-state index contributed by atoms with van der Waals surface area (Å²) in [5, 5.41) is 3.70. The molecule has 0 fully saturated rings. The minimum Gasteiger partial charge on any atom is -0.454 e. The number of aryl methyl sites for hydroxylation is 1. The fourth-order valence-corrected chi connectivity index (χ4v) is 5.82. The Morgan fingerprint density at radius 1 is 1.13 bits per heavy atom. The van der Waals surface area contributed by atoms with Gasteiger partial charge in [-0.05, 0) is 55.4 Å². The van der Waals surface area contributed by atoms with Gasteiger partial charge in [0.25, 0.3) is 0 Å². The van der Waals surface area contributed by atoms with Crippen molar-refractivity contribution >= 4 is 46.9 Å². The molecule has 5 nitrogen and oxygen atoms in total. The van der Waals surface area contributed by atoms with Crippen molar-refractivity contribution in [2.24, 2.45) is 0 Å². The number of carbonyl (C=O) groups excluding carboxylic acids is 1. The monoisotopic (exact) mass is 478 g/mol. The number of thioether (sulfide) groups is 3. The number of amides is 1. The average molecular weight is 479 g/mol. The minimum atomic E-state index is -0.332. The van der Waals surface area contributed by atoms with Crippen LogP contribution in [-0.2, 0) is 4.79 Å². The van der Waals surface area contributed by atoms with E-state index in [1.807, 2.05) is 43.7 Å². The molecule has 0 radical (unpaired) electrons. The summed E-state index contributed by atoms with van der Waals surface area (Å²) >= 11 is 4.86. The van der Waals surface area contributed by atoms with Crippen LogP contribution in [0.4, 0.5) is 5.69 Å². The number of aromatic nitrogens is 1. The van der Waals surface area contributed by atoms with Crippen molar-refractivity contribution in [2.45, 2.75) is 54.7 Å². The summed E-state index contributed by atoms with van der Waals surface area (Å²) in [5.41, 5.74) is 2.68. The van der Waals surface area contributed by atoms with Crippen LogP contribution >= 0.6 is 35.3 Å². The lowest BCUT2D eigenvalue weighted by atomic mass is 10.1. The predicted molar refractivity (Wildman–Crippen MR) is 133 cm³/mol. The number of ether oxygens (including phenoxy) is 2. The molecule has 0 saturated heterocycles. The van der Waals surface area contributed by atoms with Gasteiger partial charge in [0.1, 0.15) is 10.3 Å². The van der Waals surface area contributed by atoms with E-state index in [0.717, 1.165) is 44.8 Å². The second-order valence-electron chi connectivity index (χ2n) is 7.26. The van der Waals surface area contributed by atoms with E-state index in [4.69, 9.17) is 9.47 Å². The molecule has 1 aliphatic heterocycles. The van der Waals surface area contributed by atoms with E-state index in [9.17, 15) is 4.79 Å². The molecule has 168 valence electrons. The van der Waals surface area contributed by atoms with E-state index in [1.54, 1.807) is 35.3 Å². The number of benzene rings is 1. The number of rotatable bonds is 11. The Labute approximate surface area is 197 Å². The molecule has 8 heteroatoms. The topological polar surface area (TPSA) is 60.5 Å². The molecule has 31 heavy (non-hydrogen) atoms. The van der Waals surface area contributed by atoms with Crippen molar-refractivity contribution in [2.75, 3.05) is 30.4 Å². The molecular weight excluding hydrogens is 448 g/mol. The lowest BCUT2D eigenvalue weighted by Gasteiger charge is -2.20. The number of fused-ring (bicyclic) bond motifs is 1. The molecule has 1 N–H and O–H groups in total. The van der Waals surface area contributed by atoms with E-state index >= 15 is 0 Å². The summed E-state index contributed by atoms with van der Waals surface area (Å²) in [4.78, 5) is 19.2. The Morgan fingerprint density at radius 2 is 1.94 bits per heavy atom. The van der Waals surface area contributed by atoms with Crippen molar-refractivity contribution in [3.8, 4) is 11.5 Å². The van der Waals surface area contributed by atoms with Crippen LogP contribution in [0.1, 0.15) is 49.1 Å². The van der Waals surface area contributed by atoms with Crippen LogP contribution < -0.4 is 14.8 Å². The molecule has 0 spiro atoms. The van der Waals surface area contributed by atoms with Gasteiger partial charge < -0.3 is 14.8 Å². The highest BCUT2D eigenvalue weighted by Gasteiger charge is 2.26. The first kappa shape index (κ1) is 24.1. The molecule has 0 aliphatic carbocycles.